The lowest BCUT2D eigenvalue weighted by molar-refractivity contribution is 0.0950. The second kappa shape index (κ2) is 6.03. The lowest BCUT2D eigenvalue weighted by atomic mass is 10.2. The van der Waals surface area contributed by atoms with E-state index in [0.717, 1.165) is 6.54 Å². The van der Waals surface area contributed by atoms with Gasteiger partial charge in [-0.15, -0.1) is 0 Å². The fourth-order valence-electron chi connectivity index (χ4n) is 1.04. The molecule has 0 aliphatic heterocycles. The number of aromatic nitrogens is 1. The van der Waals surface area contributed by atoms with Crippen molar-refractivity contribution in [2.75, 3.05) is 27.2 Å². The molecule has 1 amide bonds. The molecule has 1 aromatic rings. The number of nitrogens with one attached hydrogen (secondary N) is 1. The summed E-state index contributed by atoms with van der Waals surface area (Å²) >= 11 is 11.4. The zero-order valence-corrected chi connectivity index (χ0v) is 10.6. The molecule has 1 heterocycles. The Kier molecular flexibility index (Phi) is 4.99. The van der Waals surface area contributed by atoms with Gasteiger partial charge in [-0.2, -0.15) is 0 Å². The predicted molar refractivity (Wildman–Crippen MR) is 65.1 cm³/mol. The number of carbonyl (C=O) groups excluding carboxylic acids is 1. The van der Waals surface area contributed by atoms with Crippen LogP contribution in [0.1, 0.15) is 10.4 Å². The van der Waals surface area contributed by atoms with Crippen molar-refractivity contribution in [3.8, 4) is 0 Å². The maximum atomic E-state index is 11.6. The molecule has 88 valence electrons. The van der Waals surface area contributed by atoms with Crippen molar-refractivity contribution in [1.29, 1.82) is 0 Å². The molecule has 16 heavy (non-hydrogen) atoms. The summed E-state index contributed by atoms with van der Waals surface area (Å²) in [5.74, 6) is -0.201. The van der Waals surface area contributed by atoms with Crippen molar-refractivity contribution in [2.24, 2.45) is 0 Å². The number of nitrogens with zero attached hydrogens (tertiary/aromatic N) is 2. The summed E-state index contributed by atoms with van der Waals surface area (Å²) in [6.07, 6.45) is 1.40. The summed E-state index contributed by atoms with van der Waals surface area (Å²) in [6.45, 7) is 1.35. The maximum Gasteiger partial charge on any atom is 0.252 e. The van der Waals surface area contributed by atoms with E-state index in [4.69, 9.17) is 23.2 Å². The van der Waals surface area contributed by atoms with E-state index in [2.05, 4.69) is 10.3 Å². The summed E-state index contributed by atoms with van der Waals surface area (Å²) in [6, 6.07) is 1.50. The van der Waals surface area contributed by atoms with Gasteiger partial charge in [-0.1, -0.05) is 23.2 Å². The van der Waals surface area contributed by atoms with Crippen molar-refractivity contribution in [2.45, 2.75) is 0 Å². The molecule has 0 saturated carbocycles. The Morgan fingerprint density at radius 1 is 1.50 bits per heavy atom. The molecule has 1 rings (SSSR count). The molecule has 0 fully saturated rings. The summed E-state index contributed by atoms with van der Waals surface area (Å²) in [7, 11) is 3.87. The molecular formula is C10H13Cl2N3O. The average Bonchev–Trinajstić information content (AvgIpc) is 2.21. The highest BCUT2D eigenvalue weighted by Gasteiger charge is 2.08. The van der Waals surface area contributed by atoms with Gasteiger partial charge in [0.15, 0.2) is 0 Å². The van der Waals surface area contributed by atoms with Crippen LogP contribution in [-0.4, -0.2) is 43.0 Å². The third-order valence-electron chi connectivity index (χ3n) is 1.90. The molecule has 0 radical (unpaired) electrons. The highest BCUT2D eigenvalue weighted by Crippen LogP contribution is 2.19. The van der Waals surface area contributed by atoms with Crippen LogP contribution in [-0.2, 0) is 0 Å². The maximum absolute atomic E-state index is 11.6. The lowest BCUT2D eigenvalue weighted by Gasteiger charge is -2.10. The van der Waals surface area contributed by atoms with Crippen molar-refractivity contribution < 1.29 is 4.79 Å². The Morgan fingerprint density at radius 3 is 2.75 bits per heavy atom. The molecule has 0 spiro atoms. The number of pyridine rings is 1. The van der Waals surface area contributed by atoms with Gasteiger partial charge in [0.2, 0.25) is 0 Å². The second-order valence-corrected chi connectivity index (χ2v) is 4.32. The third kappa shape index (κ3) is 3.96. The van der Waals surface area contributed by atoms with Crippen LogP contribution in [0.25, 0.3) is 0 Å². The summed E-state index contributed by atoms with van der Waals surface area (Å²) < 4.78 is 0. The van der Waals surface area contributed by atoms with E-state index >= 15 is 0 Å². The Morgan fingerprint density at radius 2 is 2.19 bits per heavy atom. The molecule has 0 aliphatic rings. The molecule has 0 bridgehead atoms. The minimum absolute atomic E-state index is 0.200. The van der Waals surface area contributed by atoms with E-state index in [9.17, 15) is 4.79 Å². The molecule has 0 unspecified atom stereocenters. The molecule has 0 atom stereocenters. The van der Waals surface area contributed by atoms with E-state index in [1.165, 1.54) is 12.3 Å². The Bertz CT molecular complexity index is 382. The van der Waals surface area contributed by atoms with Crippen LogP contribution in [0.3, 0.4) is 0 Å². The summed E-state index contributed by atoms with van der Waals surface area (Å²) in [5, 5.41) is 3.23. The average molecular weight is 262 g/mol. The molecule has 6 heteroatoms. The van der Waals surface area contributed by atoms with Crippen LogP contribution in [0.4, 0.5) is 0 Å². The van der Waals surface area contributed by atoms with Crippen LogP contribution in [0.15, 0.2) is 12.3 Å². The Hall–Kier alpha value is -0.840. The number of halogens is 2. The molecular weight excluding hydrogens is 249 g/mol. The minimum atomic E-state index is -0.201. The smallest absolute Gasteiger partial charge is 0.252 e. The first-order valence-electron chi connectivity index (χ1n) is 4.74. The van der Waals surface area contributed by atoms with Crippen molar-refractivity contribution in [3.05, 3.63) is 28.0 Å². The highest BCUT2D eigenvalue weighted by atomic mass is 35.5. The normalized spacial score (nSPS) is 10.6. The van der Waals surface area contributed by atoms with Gasteiger partial charge in [-0.3, -0.25) is 4.79 Å². The first kappa shape index (κ1) is 13.2. The van der Waals surface area contributed by atoms with Crippen LogP contribution >= 0.6 is 23.2 Å². The number of amides is 1. The van der Waals surface area contributed by atoms with Gasteiger partial charge in [-0.25, -0.2) is 4.98 Å². The molecule has 1 aromatic heterocycles. The van der Waals surface area contributed by atoms with Gasteiger partial charge >= 0.3 is 0 Å². The SMILES string of the molecule is CN(C)CCNC(=O)c1cnc(Cl)c(Cl)c1. The molecule has 0 aliphatic carbocycles. The number of hydrogen-bond donors (Lipinski definition) is 1. The fraction of sp³-hybridized carbons (Fsp3) is 0.400. The number of likely N-dealkylation sites (N-methyl/N-ethyl adjacent to an activating group) is 1. The van der Waals surface area contributed by atoms with Crippen molar-refractivity contribution >= 4 is 29.1 Å². The zero-order valence-electron chi connectivity index (χ0n) is 9.13. The summed E-state index contributed by atoms with van der Waals surface area (Å²) in [5.41, 5.74) is 0.410. The number of carbonyl (C=O) groups is 1. The first-order valence-corrected chi connectivity index (χ1v) is 5.50. The Balaban J connectivity index is 2.56. The molecule has 0 aromatic carbocycles. The second-order valence-electron chi connectivity index (χ2n) is 3.56. The van der Waals surface area contributed by atoms with Crippen LogP contribution in [0.2, 0.25) is 10.2 Å². The number of rotatable bonds is 4. The van der Waals surface area contributed by atoms with Crippen LogP contribution < -0.4 is 5.32 Å². The van der Waals surface area contributed by atoms with Gasteiger partial charge < -0.3 is 10.2 Å². The fourth-order valence-corrected chi connectivity index (χ4v) is 1.31. The van der Waals surface area contributed by atoms with Crippen molar-refractivity contribution in [3.63, 3.8) is 0 Å². The zero-order chi connectivity index (χ0) is 12.1. The van der Waals surface area contributed by atoms with Crippen LogP contribution in [0, 0.1) is 0 Å². The third-order valence-corrected chi connectivity index (χ3v) is 2.59. The minimum Gasteiger partial charge on any atom is -0.351 e. The quantitative estimate of drug-likeness (QED) is 0.840. The van der Waals surface area contributed by atoms with E-state index in [0.29, 0.717) is 12.1 Å². The standard InChI is InChI=1S/C10H13Cl2N3O/c1-15(2)4-3-13-10(16)7-5-8(11)9(12)14-6-7/h5-6H,3-4H2,1-2H3,(H,13,16). The Labute approximate surface area is 105 Å². The van der Waals surface area contributed by atoms with E-state index in [1.807, 2.05) is 19.0 Å². The highest BCUT2D eigenvalue weighted by molar-refractivity contribution is 6.41. The lowest BCUT2D eigenvalue weighted by Crippen LogP contribution is -2.31. The van der Waals surface area contributed by atoms with Gasteiger partial charge in [0.05, 0.1) is 10.6 Å². The first-order chi connectivity index (χ1) is 7.50. The van der Waals surface area contributed by atoms with E-state index in [-0.39, 0.29) is 16.1 Å². The number of hydrogen-bond acceptors (Lipinski definition) is 3. The van der Waals surface area contributed by atoms with Gasteiger partial charge in [-0.05, 0) is 20.2 Å². The largest absolute Gasteiger partial charge is 0.351 e. The molecule has 1 N–H and O–H groups in total. The summed E-state index contributed by atoms with van der Waals surface area (Å²) in [4.78, 5) is 17.4. The van der Waals surface area contributed by atoms with Crippen molar-refractivity contribution in [1.82, 2.24) is 15.2 Å². The molecule has 4 nitrogen and oxygen atoms in total. The van der Waals surface area contributed by atoms with Crippen LogP contribution in [0.5, 0.6) is 0 Å². The monoisotopic (exact) mass is 261 g/mol. The van der Waals surface area contributed by atoms with E-state index in [1.54, 1.807) is 0 Å². The topological polar surface area (TPSA) is 45.2 Å². The van der Waals surface area contributed by atoms with Gasteiger partial charge in [0.25, 0.3) is 5.91 Å². The van der Waals surface area contributed by atoms with Gasteiger partial charge in [0.1, 0.15) is 5.15 Å². The predicted octanol–water partition coefficient (Wildman–Crippen LogP) is 1.68. The molecule has 0 saturated heterocycles. The van der Waals surface area contributed by atoms with Gasteiger partial charge in [0, 0.05) is 19.3 Å². The van der Waals surface area contributed by atoms with E-state index < -0.39 is 0 Å².